The van der Waals surface area contributed by atoms with E-state index in [-0.39, 0.29) is 5.91 Å². The second-order valence-corrected chi connectivity index (χ2v) is 7.55. The van der Waals surface area contributed by atoms with Crippen molar-refractivity contribution in [2.75, 3.05) is 13.6 Å². The number of carbonyl (C=O) groups is 1. The second kappa shape index (κ2) is 9.04. The number of aromatic nitrogens is 2. The zero-order valence-corrected chi connectivity index (χ0v) is 17.3. The summed E-state index contributed by atoms with van der Waals surface area (Å²) in [6.45, 7) is 5.76. The van der Waals surface area contributed by atoms with E-state index in [2.05, 4.69) is 17.3 Å². The van der Waals surface area contributed by atoms with Crippen LogP contribution >= 0.6 is 11.6 Å². The van der Waals surface area contributed by atoms with E-state index in [4.69, 9.17) is 11.6 Å². The van der Waals surface area contributed by atoms with E-state index < -0.39 is 0 Å². The lowest BCUT2D eigenvalue weighted by Crippen LogP contribution is -3.09. The summed E-state index contributed by atoms with van der Waals surface area (Å²) in [5.41, 5.74) is 5.39. The molecule has 1 unspecified atom stereocenters. The third-order valence-electron chi connectivity index (χ3n) is 4.79. The Bertz CT molecular complexity index is 935. The van der Waals surface area contributed by atoms with Crippen LogP contribution in [0.5, 0.6) is 0 Å². The van der Waals surface area contributed by atoms with Crippen molar-refractivity contribution in [2.45, 2.75) is 26.9 Å². The highest BCUT2D eigenvalue weighted by molar-refractivity contribution is 6.30. The molecule has 0 aliphatic carbocycles. The predicted octanol–water partition coefficient (Wildman–Crippen LogP) is 2.47. The van der Waals surface area contributed by atoms with Gasteiger partial charge in [0.2, 0.25) is 0 Å². The summed E-state index contributed by atoms with van der Waals surface area (Å²) in [6, 6.07) is 17.6. The average molecular weight is 398 g/mol. The molecule has 0 saturated carbocycles. The maximum atomic E-state index is 12.3. The molecule has 1 atom stereocenters. The Kier molecular flexibility index (Phi) is 6.49. The number of halogens is 1. The number of rotatable bonds is 7. The van der Waals surface area contributed by atoms with E-state index in [0.717, 1.165) is 34.1 Å². The van der Waals surface area contributed by atoms with Gasteiger partial charge in [-0.25, -0.2) is 4.68 Å². The molecule has 0 radical (unpaired) electrons. The summed E-state index contributed by atoms with van der Waals surface area (Å²) >= 11 is 5.89. The molecular weight excluding hydrogens is 372 g/mol. The molecular formula is C22H26ClN4O+. The molecule has 1 amide bonds. The molecule has 5 nitrogen and oxygen atoms in total. The van der Waals surface area contributed by atoms with Crippen LogP contribution < -0.4 is 10.2 Å². The summed E-state index contributed by atoms with van der Waals surface area (Å²) < 4.78 is 1.97. The van der Waals surface area contributed by atoms with E-state index >= 15 is 0 Å². The van der Waals surface area contributed by atoms with Gasteiger partial charge in [-0.3, -0.25) is 4.79 Å². The quantitative estimate of drug-likeness (QED) is 0.643. The van der Waals surface area contributed by atoms with Crippen LogP contribution in [-0.2, 0) is 17.9 Å². The molecule has 3 aromatic rings. The Labute approximate surface area is 170 Å². The lowest BCUT2D eigenvalue weighted by molar-refractivity contribution is -0.885. The van der Waals surface area contributed by atoms with Crippen LogP contribution in [0.3, 0.4) is 0 Å². The number of amides is 1. The summed E-state index contributed by atoms with van der Waals surface area (Å²) in [5.74, 6) is 0.0261. The summed E-state index contributed by atoms with van der Waals surface area (Å²) in [7, 11) is 2.03. The van der Waals surface area contributed by atoms with Crippen molar-refractivity contribution in [2.24, 2.45) is 0 Å². The highest BCUT2D eigenvalue weighted by atomic mass is 35.5. The van der Waals surface area contributed by atoms with Gasteiger partial charge in [-0.15, -0.1) is 0 Å². The number of quaternary nitrogens is 1. The van der Waals surface area contributed by atoms with Crippen molar-refractivity contribution in [1.82, 2.24) is 15.1 Å². The number of likely N-dealkylation sites (N-methyl/N-ethyl adjacent to an activating group) is 1. The Morgan fingerprint density at radius 2 is 1.79 bits per heavy atom. The van der Waals surface area contributed by atoms with E-state index in [1.54, 1.807) is 0 Å². The first kappa shape index (κ1) is 20.1. The number of hydrogen-bond donors (Lipinski definition) is 2. The number of aryl methyl sites for hydroxylation is 1. The van der Waals surface area contributed by atoms with Crippen LogP contribution in [0.2, 0.25) is 5.02 Å². The van der Waals surface area contributed by atoms with Gasteiger partial charge in [0.25, 0.3) is 5.91 Å². The molecule has 0 aliphatic rings. The van der Waals surface area contributed by atoms with Gasteiger partial charge in [0, 0.05) is 11.6 Å². The third-order valence-corrected chi connectivity index (χ3v) is 5.04. The predicted molar refractivity (Wildman–Crippen MR) is 112 cm³/mol. The summed E-state index contributed by atoms with van der Waals surface area (Å²) in [5, 5.41) is 8.35. The Morgan fingerprint density at radius 3 is 2.46 bits per heavy atom. The van der Waals surface area contributed by atoms with Crippen LogP contribution in [0.4, 0.5) is 0 Å². The Hall–Kier alpha value is -2.63. The minimum absolute atomic E-state index is 0.0261. The standard InChI is InChI=1S/C22H25ClN4O/c1-16-21(17(2)27(25-16)20-7-5-4-6-8-20)14-26(3)15-22(28)24-13-18-9-11-19(23)12-10-18/h4-12H,13-15H2,1-3H3,(H,24,28)/p+1. The normalized spacial score (nSPS) is 12.0. The van der Waals surface area contributed by atoms with Crippen molar-refractivity contribution < 1.29 is 9.69 Å². The van der Waals surface area contributed by atoms with Crippen LogP contribution in [0, 0.1) is 13.8 Å². The van der Waals surface area contributed by atoms with Crippen LogP contribution in [0.1, 0.15) is 22.5 Å². The van der Waals surface area contributed by atoms with Crippen molar-refractivity contribution >= 4 is 17.5 Å². The Morgan fingerprint density at radius 1 is 1.11 bits per heavy atom. The fourth-order valence-electron chi connectivity index (χ4n) is 3.26. The highest BCUT2D eigenvalue weighted by Gasteiger charge is 2.18. The maximum Gasteiger partial charge on any atom is 0.275 e. The summed E-state index contributed by atoms with van der Waals surface area (Å²) in [6.07, 6.45) is 0. The molecule has 1 heterocycles. The molecule has 1 aromatic heterocycles. The lowest BCUT2D eigenvalue weighted by Gasteiger charge is -2.14. The molecule has 0 saturated heterocycles. The minimum Gasteiger partial charge on any atom is -0.347 e. The fourth-order valence-corrected chi connectivity index (χ4v) is 3.38. The first-order chi connectivity index (χ1) is 13.4. The first-order valence-corrected chi connectivity index (χ1v) is 9.75. The van der Waals surface area contributed by atoms with Gasteiger partial charge in [0.05, 0.1) is 29.7 Å². The number of hydrogen-bond acceptors (Lipinski definition) is 2. The van der Waals surface area contributed by atoms with Crippen molar-refractivity contribution in [3.05, 3.63) is 82.1 Å². The van der Waals surface area contributed by atoms with Gasteiger partial charge in [-0.2, -0.15) is 5.10 Å². The molecule has 6 heteroatoms. The van der Waals surface area contributed by atoms with E-state index in [9.17, 15) is 4.79 Å². The fraction of sp³-hybridized carbons (Fsp3) is 0.273. The van der Waals surface area contributed by atoms with Gasteiger partial charge in [0.15, 0.2) is 6.54 Å². The van der Waals surface area contributed by atoms with E-state index in [1.165, 1.54) is 5.56 Å². The molecule has 3 rings (SSSR count). The van der Waals surface area contributed by atoms with Gasteiger partial charge in [0.1, 0.15) is 6.54 Å². The highest BCUT2D eigenvalue weighted by Crippen LogP contribution is 2.16. The van der Waals surface area contributed by atoms with Gasteiger partial charge in [-0.05, 0) is 43.7 Å². The van der Waals surface area contributed by atoms with Crippen molar-refractivity contribution in [3.63, 3.8) is 0 Å². The van der Waals surface area contributed by atoms with Gasteiger partial charge >= 0.3 is 0 Å². The zero-order valence-electron chi connectivity index (χ0n) is 16.5. The smallest absolute Gasteiger partial charge is 0.275 e. The zero-order chi connectivity index (χ0) is 20.1. The SMILES string of the molecule is Cc1nn(-c2ccccc2)c(C)c1C[NH+](C)CC(=O)NCc1ccc(Cl)cc1. The number of carbonyl (C=O) groups excluding carboxylic acids is 1. The number of benzene rings is 2. The summed E-state index contributed by atoms with van der Waals surface area (Å²) in [4.78, 5) is 13.4. The molecule has 2 N–H and O–H groups in total. The third kappa shape index (κ3) is 5.00. The molecule has 2 aromatic carbocycles. The monoisotopic (exact) mass is 397 g/mol. The molecule has 0 fully saturated rings. The number of nitrogens with one attached hydrogen (secondary N) is 2. The lowest BCUT2D eigenvalue weighted by atomic mass is 10.2. The van der Waals surface area contributed by atoms with Crippen LogP contribution in [0.15, 0.2) is 54.6 Å². The number of nitrogens with zero attached hydrogens (tertiary/aromatic N) is 2. The van der Waals surface area contributed by atoms with Crippen LogP contribution in [0.25, 0.3) is 5.69 Å². The molecule has 146 valence electrons. The second-order valence-electron chi connectivity index (χ2n) is 7.11. The molecule has 28 heavy (non-hydrogen) atoms. The average Bonchev–Trinajstić information content (AvgIpc) is 2.96. The number of para-hydroxylation sites is 1. The molecule has 0 spiro atoms. The largest absolute Gasteiger partial charge is 0.347 e. The first-order valence-electron chi connectivity index (χ1n) is 9.37. The maximum absolute atomic E-state index is 12.3. The minimum atomic E-state index is 0.0261. The molecule has 0 bridgehead atoms. The van der Waals surface area contributed by atoms with Gasteiger partial charge in [-0.1, -0.05) is 41.9 Å². The van der Waals surface area contributed by atoms with Gasteiger partial charge < -0.3 is 10.2 Å². The van der Waals surface area contributed by atoms with Crippen molar-refractivity contribution in [3.8, 4) is 5.69 Å². The Balaban J connectivity index is 1.58. The molecule has 0 aliphatic heterocycles. The van der Waals surface area contributed by atoms with E-state index in [0.29, 0.717) is 18.1 Å². The topological polar surface area (TPSA) is 51.4 Å². The van der Waals surface area contributed by atoms with Crippen LogP contribution in [-0.4, -0.2) is 29.3 Å². The van der Waals surface area contributed by atoms with Crippen molar-refractivity contribution in [1.29, 1.82) is 0 Å². The van der Waals surface area contributed by atoms with E-state index in [1.807, 2.05) is 73.3 Å².